The van der Waals surface area contributed by atoms with Gasteiger partial charge in [-0.1, -0.05) is 29.3 Å². The van der Waals surface area contributed by atoms with E-state index in [2.05, 4.69) is 44.8 Å². The minimum absolute atomic E-state index is 0.00785. The molecule has 1 aliphatic heterocycles. The highest BCUT2D eigenvalue weighted by atomic mass is 79.9. The summed E-state index contributed by atoms with van der Waals surface area (Å²) in [6, 6.07) is 1.73. The van der Waals surface area contributed by atoms with Crippen LogP contribution in [-0.4, -0.2) is 53.2 Å². The number of aromatic nitrogens is 2. The number of rotatable bonds is 6. The maximum Gasteiger partial charge on any atom is 0.268 e. The fraction of sp³-hybridized carbons (Fsp3) is 0.733. The molecule has 1 aliphatic rings. The van der Waals surface area contributed by atoms with E-state index in [0.29, 0.717) is 12.5 Å². The molecule has 118 valence electrons. The van der Waals surface area contributed by atoms with Crippen LogP contribution >= 0.6 is 15.9 Å². The van der Waals surface area contributed by atoms with Crippen LogP contribution in [0.5, 0.6) is 0 Å². The summed E-state index contributed by atoms with van der Waals surface area (Å²) in [5, 5.41) is 5.28. The first-order chi connectivity index (χ1) is 10.1. The van der Waals surface area contributed by atoms with Gasteiger partial charge in [-0.25, -0.2) is 4.68 Å². The van der Waals surface area contributed by atoms with Crippen LogP contribution in [0.4, 0.5) is 5.69 Å². The van der Waals surface area contributed by atoms with E-state index in [1.165, 1.54) is 0 Å². The lowest BCUT2D eigenvalue weighted by Crippen LogP contribution is -2.45. The van der Waals surface area contributed by atoms with E-state index in [9.17, 15) is 4.79 Å². The minimum atomic E-state index is 0.00785. The van der Waals surface area contributed by atoms with Crippen molar-refractivity contribution < 1.29 is 0 Å². The van der Waals surface area contributed by atoms with Gasteiger partial charge in [-0.3, -0.25) is 4.79 Å². The van der Waals surface area contributed by atoms with Crippen molar-refractivity contribution >= 4 is 21.6 Å². The zero-order valence-corrected chi connectivity index (χ0v) is 14.5. The third-order valence-corrected chi connectivity index (χ3v) is 4.99. The molecule has 0 N–H and O–H groups in total. The molecule has 1 fully saturated rings. The highest BCUT2D eigenvalue weighted by molar-refractivity contribution is 9.09. The number of halogens is 1. The molecule has 1 unspecified atom stereocenters. The fourth-order valence-electron chi connectivity index (χ4n) is 2.67. The molecule has 2 rings (SSSR count). The Bertz CT molecular complexity index is 497. The van der Waals surface area contributed by atoms with Crippen molar-refractivity contribution in [2.24, 2.45) is 5.92 Å². The SMILES string of the molecule is CCCC(CBr)Cn1ncc(N2CCN(C)CC2)cc1=O. The Morgan fingerprint density at radius 2 is 2.05 bits per heavy atom. The van der Waals surface area contributed by atoms with Gasteiger partial charge >= 0.3 is 0 Å². The van der Waals surface area contributed by atoms with E-state index >= 15 is 0 Å². The Balaban J connectivity index is 2.05. The Morgan fingerprint density at radius 1 is 1.33 bits per heavy atom. The van der Waals surface area contributed by atoms with Gasteiger partial charge in [-0.05, 0) is 19.4 Å². The second-order valence-corrected chi connectivity index (χ2v) is 6.48. The van der Waals surface area contributed by atoms with Gasteiger partial charge < -0.3 is 9.80 Å². The van der Waals surface area contributed by atoms with Crippen LogP contribution in [0.1, 0.15) is 19.8 Å². The predicted octanol–water partition coefficient (Wildman–Crippen LogP) is 1.81. The Labute approximate surface area is 135 Å². The lowest BCUT2D eigenvalue weighted by Gasteiger charge is -2.33. The van der Waals surface area contributed by atoms with Crippen LogP contribution < -0.4 is 10.5 Å². The number of hydrogen-bond acceptors (Lipinski definition) is 4. The molecule has 0 saturated carbocycles. The molecule has 5 nitrogen and oxygen atoms in total. The Morgan fingerprint density at radius 3 is 2.62 bits per heavy atom. The van der Waals surface area contributed by atoms with E-state index in [4.69, 9.17) is 0 Å². The van der Waals surface area contributed by atoms with E-state index in [-0.39, 0.29) is 5.56 Å². The van der Waals surface area contributed by atoms with Gasteiger partial charge in [-0.15, -0.1) is 0 Å². The monoisotopic (exact) mass is 356 g/mol. The molecule has 0 radical (unpaired) electrons. The summed E-state index contributed by atoms with van der Waals surface area (Å²) in [4.78, 5) is 16.8. The van der Waals surface area contributed by atoms with E-state index in [1.54, 1.807) is 10.7 Å². The summed E-state index contributed by atoms with van der Waals surface area (Å²) in [6.07, 6.45) is 4.08. The molecule has 0 aliphatic carbocycles. The number of hydrogen-bond donors (Lipinski definition) is 0. The minimum Gasteiger partial charge on any atom is -0.368 e. The van der Waals surface area contributed by atoms with Gasteiger partial charge in [0.2, 0.25) is 0 Å². The van der Waals surface area contributed by atoms with Crippen molar-refractivity contribution in [2.75, 3.05) is 43.5 Å². The summed E-state index contributed by atoms with van der Waals surface area (Å²) in [6.45, 7) is 6.85. The lowest BCUT2D eigenvalue weighted by atomic mass is 10.1. The smallest absolute Gasteiger partial charge is 0.268 e. The van der Waals surface area contributed by atoms with Crippen molar-refractivity contribution in [2.45, 2.75) is 26.3 Å². The highest BCUT2D eigenvalue weighted by Crippen LogP contribution is 2.14. The molecule has 1 aromatic heterocycles. The maximum atomic E-state index is 12.3. The van der Waals surface area contributed by atoms with Gasteiger partial charge in [0.1, 0.15) is 0 Å². The van der Waals surface area contributed by atoms with Crippen LogP contribution in [0.15, 0.2) is 17.1 Å². The van der Waals surface area contributed by atoms with Crippen molar-refractivity contribution in [3.63, 3.8) is 0 Å². The molecule has 0 aromatic carbocycles. The summed E-state index contributed by atoms with van der Waals surface area (Å²) in [7, 11) is 2.13. The van der Waals surface area contributed by atoms with Gasteiger partial charge in [0.25, 0.3) is 5.56 Å². The normalized spacial score (nSPS) is 18.0. The first-order valence-corrected chi connectivity index (χ1v) is 8.82. The molecule has 2 heterocycles. The summed E-state index contributed by atoms with van der Waals surface area (Å²) in [5.74, 6) is 0.467. The molecular formula is C15H25BrN4O. The quantitative estimate of drug-likeness (QED) is 0.729. The van der Waals surface area contributed by atoms with Gasteiger partial charge in [0.15, 0.2) is 0 Å². The Kier molecular flexibility index (Phi) is 6.23. The van der Waals surface area contributed by atoms with Gasteiger partial charge in [0.05, 0.1) is 11.9 Å². The van der Waals surface area contributed by atoms with Crippen LogP contribution in [0.2, 0.25) is 0 Å². The predicted molar refractivity (Wildman–Crippen MR) is 90.4 cm³/mol. The maximum absolute atomic E-state index is 12.3. The molecule has 1 aromatic rings. The molecule has 1 atom stereocenters. The zero-order valence-electron chi connectivity index (χ0n) is 13.0. The number of piperazine rings is 1. The number of likely N-dealkylation sites (N-methyl/N-ethyl adjacent to an activating group) is 1. The van der Waals surface area contributed by atoms with Crippen molar-refractivity contribution in [1.29, 1.82) is 0 Å². The lowest BCUT2D eigenvalue weighted by molar-refractivity contribution is 0.312. The summed E-state index contributed by atoms with van der Waals surface area (Å²) >= 11 is 3.53. The zero-order chi connectivity index (χ0) is 15.2. The summed E-state index contributed by atoms with van der Waals surface area (Å²) in [5.41, 5.74) is 0.962. The number of anilines is 1. The first-order valence-electron chi connectivity index (χ1n) is 7.70. The highest BCUT2D eigenvalue weighted by Gasteiger charge is 2.16. The average Bonchev–Trinajstić information content (AvgIpc) is 2.49. The second-order valence-electron chi connectivity index (χ2n) is 5.83. The van der Waals surface area contributed by atoms with Gasteiger partial charge in [-0.2, -0.15) is 5.10 Å². The van der Waals surface area contributed by atoms with Crippen molar-refractivity contribution in [3.05, 3.63) is 22.6 Å². The van der Waals surface area contributed by atoms with E-state index in [1.807, 2.05) is 6.20 Å². The number of nitrogens with zero attached hydrogens (tertiary/aromatic N) is 4. The standard InChI is InChI=1S/C15H25BrN4O/c1-3-4-13(10-16)12-20-15(21)9-14(11-17-20)19-7-5-18(2)6-8-19/h9,11,13H,3-8,10,12H2,1-2H3. The van der Waals surface area contributed by atoms with Crippen molar-refractivity contribution in [1.82, 2.24) is 14.7 Å². The number of alkyl halides is 1. The van der Waals surface area contributed by atoms with Crippen LogP contribution in [0.25, 0.3) is 0 Å². The molecule has 6 heteroatoms. The largest absolute Gasteiger partial charge is 0.368 e. The molecule has 1 saturated heterocycles. The third kappa shape index (κ3) is 4.54. The van der Waals surface area contributed by atoms with E-state index < -0.39 is 0 Å². The topological polar surface area (TPSA) is 41.4 Å². The fourth-order valence-corrected chi connectivity index (χ4v) is 3.20. The first kappa shape index (κ1) is 16.5. The Hall–Kier alpha value is -0.880. The molecule has 21 heavy (non-hydrogen) atoms. The molecule has 0 spiro atoms. The third-order valence-electron chi connectivity index (χ3n) is 4.07. The van der Waals surface area contributed by atoms with E-state index in [0.717, 1.165) is 50.0 Å². The second kappa shape index (κ2) is 7.94. The summed E-state index contributed by atoms with van der Waals surface area (Å²) < 4.78 is 1.60. The van der Waals surface area contributed by atoms with Crippen LogP contribution in [0, 0.1) is 5.92 Å². The molecule has 0 amide bonds. The molecular weight excluding hydrogens is 332 g/mol. The van der Waals surface area contributed by atoms with Crippen molar-refractivity contribution in [3.8, 4) is 0 Å². The molecule has 0 bridgehead atoms. The van der Waals surface area contributed by atoms with Gasteiger partial charge in [0, 0.05) is 44.1 Å². The van der Waals surface area contributed by atoms with Crippen LogP contribution in [0.3, 0.4) is 0 Å². The average molecular weight is 357 g/mol. The van der Waals surface area contributed by atoms with Crippen LogP contribution in [-0.2, 0) is 6.54 Å².